The first-order chi connectivity index (χ1) is 14.1. The lowest BCUT2D eigenvalue weighted by atomic mass is 10.1. The first-order valence-corrected chi connectivity index (χ1v) is 11.8. The van der Waals surface area contributed by atoms with E-state index in [1.54, 1.807) is 6.07 Å². The highest BCUT2D eigenvalue weighted by atomic mass is 35.5. The summed E-state index contributed by atoms with van der Waals surface area (Å²) in [6.07, 6.45) is -0.462. The molecule has 2 aromatic rings. The fourth-order valence-corrected chi connectivity index (χ4v) is 5.88. The topological polar surface area (TPSA) is 75.7 Å². The Hall–Kier alpha value is -1.64. The van der Waals surface area contributed by atoms with Crippen molar-refractivity contribution >= 4 is 39.1 Å². The Morgan fingerprint density at radius 2 is 1.73 bits per heavy atom. The summed E-state index contributed by atoms with van der Waals surface area (Å²) >= 11 is 12.4. The Labute approximate surface area is 187 Å². The Bertz CT molecular complexity index is 1040. The fraction of sp³-hybridized carbons (Fsp3) is 0.381. The molecule has 30 heavy (non-hydrogen) atoms. The van der Waals surface area contributed by atoms with Gasteiger partial charge in [0, 0.05) is 23.7 Å². The van der Waals surface area contributed by atoms with E-state index in [0.29, 0.717) is 5.02 Å². The van der Waals surface area contributed by atoms with Crippen molar-refractivity contribution in [2.24, 2.45) is 0 Å². The van der Waals surface area contributed by atoms with Gasteiger partial charge in [0.05, 0.1) is 23.3 Å². The second kappa shape index (κ2) is 9.24. The second-order valence-corrected chi connectivity index (χ2v) is 10.2. The van der Waals surface area contributed by atoms with Gasteiger partial charge in [0.25, 0.3) is 5.91 Å². The lowest BCUT2D eigenvalue weighted by Crippen LogP contribution is -2.48. The minimum atomic E-state index is -3.88. The lowest BCUT2D eigenvalue weighted by molar-refractivity contribution is -0.0440. The molecule has 3 rings (SSSR count). The molecule has 1 heterocycles. The molecule has 1 saturated heterocycles. The van der Waals surface area contributed by atoms with Crippen LogP contribution in [0.3, 0.4) is 0 Å². The number of carbonyl (C=O) groups excluding carboxylic acids is 1. The predicted molar refractivity (Wildman–Crippen MR) is 118 cm³/mol. The van der Waals surface area contributed by atoms with E-state index >= 15 is 0 Å². The maximum atomic E-state index is 13.2. The number of rotatable bonds is 5. The third-order valence-corrected chi connectivity index (χ3v) is 7.57. The van der Waals surface area contributed by atoms with Crippen LogP contribution in [0.25, 0.3) is 0 Å². The average molecular weight is 471 g/mol. The maximum Gasteiger partial charge on any atom is 0.251 e. The molecular formula is C21H24Cl2N2O4S. The summed E-state index contributed by atoms with van der Waals surface area (Å²) in [5.41, 5.74) is 0.969. The Morgan fingerprint density at radius 3 is 2.37 bits per heavy atom. The molecule has 6 nitrogen and oxygen atoms in total. The highest BCUT2D eigenvalue weighted by molar-refractivity contribution is 7.89. The van der Waals surface area contributed by atoms with E-state index in [4.69, 9.17) is 27.9 Å². The molecule has 1 fully saturated rings. The molecule has 1 aliphatic heterocycles. The van der Waals surface area contributed by atoms with E-state index in [1.807, 2.05) is 39.0 Å². The normalized spacial score (nSPS) is 21.2. The van der Waals surface area contributed by atoms with E-state index in [-0.39, 0.29) is 46.8 Å². The van der Waals surface area contributed by atoms with Crippen LogP contribution in [-0.2, 0) is 14.8 Å². The van der Waals surface area contributed by atoms with Gasteiger partial charge >= 0.3 is 0 Å². The number of halogens is 2. The second-order valence-electron chi connectivity index (χ2n) is 7.44. The van der Waals surface area contributed by atoms with Crippen LogP contribution in [0.15, 0.2) is 47.4 Å². The average Bonchev–Trinajstić information content (AvgIpc) is 2.67. The molecule has 0 aliphatic carbocycles. The van der Waals surface area contributed by atoms with Crippen molar-refractivity contribution in [3.8, 4) is 0 Å². The number of carbonyl (C=O) groups is 1. The van der Waals surface area contributed by atoms with E-state index in [9.17, 15) is 13.2 Å². The minimum Gasteiger partial charge on any atom is -0.373 e. The zero-order valence-electron chi connectivity index (χ0n) is 16.9. The van der Waals surface area contributed by atoms with Gasteiger partial charge in [-0.2, -0.15) is 4.31 Å². The predicted octanol–water partition coefficient (Wildman–Crippen LogP) is 4.28. The van der Waals surface area contributed by atoms with Crippen molar-refractivity contribution in [3.05, 3.63) is 63.6 Å². The molecule has 3 atom stereocenters. The number of nitrogens with one attached hydrogen (secondary N) is 1. The summed E-state index contributed by atoms with van der Waals surface area (Å²) in [6, 6.07) is 11.1. The summed E-state index contributed by atoms with van der Waals surface area (Å²) in [6.45, 7) is 5.90. The summed E-state index contributed by atoms with van der Waals surface area (Å²) < 4.78 is 33.4. The number of morpholine rings is 1. The number of sulfonamides is 1. The Balaban J connectivity index is 1.86. The largest absolute Gasteiger partial charge is 0.373 e. The SMILES string of the molecule is CC1CN(S(=O)(=O)c2cc(C(=O)NC(C)c3ccccc3Cl)ccc2Cl)CC(C)O1. The van der Waals surface area contributed by atoms with Gasteiger partial charge in [0.1, 0.15) is 4.90 Å². The zero-order chi connectivity index (χ0) is 22.1. The van der Waals surface area contributed by atoms with Gasteiger partial charge < -0.3 is 10.1 Å². The summed E-state index contributed by atoms with van der Waals surface area (Å²) in [5.74, 6) is -0.417. The first-order valence-electron chi connectivity index (χ1n) is 9.60. The van der Waals surface area contributed by atoms with E-state index in [1.165, 1.54) is 22.5 Å². The van der Waals surface area contributed by atoms with Crippen LogP contribution in [0.5, 0.6) is 0 Å². The van der Waals surface area contributed by atoms with Crippen LogP contribution in [-0.4, -0.2) is 43.9 Å². The van der Waals surface area contributed by atoms with Gasteiger partial charge in [0.2, 0.25) is 10.0 Å². The van der Waals surface area contributed by atoms with Gasteiger partial charge in [-0.3, -0.25) is 4.79 Å². The first kappa shape index (κ1) is 23.0. The molecular weight excluding hydrogens is 447 g/mol. The molecule has 3 unspecified atom stereocenters. The van der Waals surface area contributed by atoms with E-state index in [0.717, 1.165) is 5.56 Å². The van der Waals surface area contributed by atoms with Crippen LogP contribution >= 0.6 is 23.2 Å². The van der Waals surface area contributed by atoms with Crippen molar-refractivity contribution in [1.29, 1.82) is 0 Å². The smallest absolute Gasteiger partial charge is 0.251 e. The molecule has 162 valence electrons. The van der Waals surface area contributed by atoms with Crippen molar-refractivity contribution in [2.75, 3.05) is 13.1 Å². The molecule has 0 aromatic heterocycles. The molecule has 0 saturated carbocycles. The van der Waals surface area contributed by atoms with E-state index < -0.39 is 15.9 Å². The minimum absolute atomic E-state index is 0.0671. The zero-order valence-corrected chi connectivity index (χ0v) is 19.3. The molecule has 9 heteroatoms. The number of ether oxygens (including phenoxy) is 1. The van der Waals surface area contributed by atoms with E-state index in [2.05, 4.69) is 5.32 Å². The molecule has 0 radical (unpaired) electrons. The van der Waals surface area contributed by atoms with Crippen LogP contribution in [0.1, 0.15) is 42.7 Å². The van der Waals surface area contributed by atoms with Gasteiger partial charge in [-0.1, -0.05) is 41.4 Å². The lowest BCUT2D eigenvalue weighted by Gasteiger charge is -2.34. The van der Waals surface area contributed by atoms with Crippen molar-refractivity contribution in [3.63, 3.8) is 0 Å². The molecule has 2 aromatic carbocycles. The van der Waals surface area contributed by atoms with Crippen molar-refractivity contribution in [2.45, 2.75) is 43.9 Å². The van der Waals surface area contributed by atoms with Crippen molar-refractivity contribution < 1.29 is 17.9 Å². The van der Waals surface area contributed by atoms with Crippen LogP contribution < -0.4 is 5.32 Å². The fourth-order valence-electron chi connectivity index (χ4n) is 3.49. The molecule has 1 amide bonds. The molecule has 0 spiro atoms. The van der Waals surface area contributed by atoms with Crippen LogP contribution in [0, 0.1) is 0 Å². The molecule has 0 bridgehead atoms. The monoisotopic (exact) mass is 470 g/mol. The third-order valence-electron chi connectivity index (χ3n) is 4.92. The van der Waals surface area contributed by atoms with Crippen molar-refractivity contribution in [1.82, 2.24) is 9.62 Å². The van der Waals surface area contributed by atoms with Gasteiger partial charge in [-0.15, -0.1) is 0 Å². The Morgan fingerprint density at radius 1 is 1.10 bits per heavy atom. The number of hydrogen-bond acceptors (Lipinski definition) is 4. The van der Waals surface area contributed by atoms with Gasteiger partial charge in [0.15, 0.2) is 0 Å². The number of benzene rings is 2. The Kier molecular flexibility index (Phi) is 7.09. The van der Waals surface area contributed by atoms with Gasteiger partial charge in [-0.25, -0.2) is 8.42 Å². The number of nitrogens with zero attached hydrogens (tertiary/aromatic N) is 1. The standard InChI is InChI=1S/C21H24Cl2N2O4S/c1-13-11-25(12-14(2)29-13)30(27,28)20-10-16(8-9-19(20)23)21(26)24-15(3)17-6-4-5-7-18(17)22/h4-10,13-15H,11-12H2,1-3H3,(H,24,26). The van der Waals surface area contributed by atoms with Gasteiger partial charge in [-0.05, 0) is 50.6 Å². The highest BCUT2D eigenvalue weighted by Crippen LogP contribution is 2.29. The quantitative estimate of drug-likeness (QED) is 0.707. The molecule has 1 N–H and O–H groups in total. The molecule has 1 aliphatic rings. The number of amides is 1. The number of hydrogen-bond donors (Lipinski definition) is 1. The highest BCUT2D eigenvalue weighted by Gasteiger charge is 2.34. The summed E-state index contributed by atoms with van der Waals surface area (Å²) in [7, 11) is -3.88. The summed E-state index contributed by atoms with van der Waals surface area (Å²) in [4.78, 5) is 12.7. The van der Waals surface area contributed by atoms with Crippen LogP contribution in [0.2, 0.25) is 10.0 Å². The third kappa shape index (κ3) is 4.98. The summed E-state index contributed by atoms with van der Waals surface area (Å²) in [5, 5.41) is 3.46. The maximum absolute atomic E-state index is 13.2. The van der Waals surface area contributed by atoms with Crippen LogP contribution in [0.4, 0.5) is 0 Å².